The van der Waals surface area contributed by atoms with E-state index in [0.717, 1.165) is 28.0 Å². The van der Waals surface area contributed by atoms with Crippen molar-refractivity contribution in [2.45, 2.75) is 6.42 Å². The number of hydrogen-bond donors (Lipinski definition) is 0. The Labute approximate surface area is 122 Å². The molecule has 0 saturated carbocycles. The molecule has 0 spiro atoms. The lowest BCUT2D eigenvalue weighted by molar-refractivity contribution is 0.104. The molecule has 3 rings (SSSR count). The van der Waals surface area contributed by atoms with E-state index in [2.05, 4.69) is 0 Å². The summed E-state index contributed by atoms with van der Waals surface area (Å²) in [6.45, 7) is 0. The molecule has 0 aromatic heterocycles. The summed E-state index contributed by atoms with van der Waals surface area (Å²) in [7, 11) is 1.63. The van der Waals surface area contributed by atoms with Gasteiger partial charge < -0.3 is 4.74 Å². The van der Waals surface area contributed by atoms with Gasteiger partial charge >= 0.3 is 0 Å². The Hall–Kier alpha value is -2.06. The van der Waals surface area contributed by atoms with Crippen LogP contribution >= 0.6 is 11.6 Å². The van der Waals surface area contributed by atoms with E-state index in [4.69, 9.17) is 16.3 Å². The van der Waals surface area contributed by atoms with Crippen molar-refractivity contribution in [3.63, 3.8) is 0 Å². The Morgan fingerprint density at radius 1 is 1.15 bits per heavy atom. The molecule has 0 bridgehead atoms. The van der Waals surface area contributed by atoms with Crippen LogP contribution in [0.5, 0.6) is 5.75 Å². The van der Waals surface area contributed by atoms with Crippen LogP contribution in [-0.2, 0) is 6.42 Å². The van der Waals surface area contributed by atoms with Gasteiger partial charge in [-0.05, 0) is 35.4 Å². The molecule has 100 valence electrons. The number of benzene rings is 2. The largest absolute Gasteiger partial charge is 0.497 e. The van der Waals surface area contributed by atoms with Crippen LogP contribution in [0.4, 0.5) is 0 Å². The fourth-order valence-corrected chi connectivity index (χ4v) is 2.65. The van der Waals surface area contributed by atoms with Crippen molar-refractivity contribution >= 4 is 23.5 Å². The summed E-state index contributed by atoms with van der Waals surface area (Å²) in [5, 5.41) is 0.661. The zero-order chi connectivity index (χ0) is 14.1. The second-order valence-electron chi connectivity index (χ2n) is 4.71. The first-order valence-electron chi connectivity index (χ1n) is 6.36. The fourth-order valence-electron chi connectivity index (χ4n) is 2.41. The van der Waals surface area contributed by atoms with Crippen LogP contribution in [-0.4, -0.2) is 12.9 Å². The summed E-state index contributed by atoms with van der Waals surface area (Å²) >= 11 is 6.15. The summed E-state index contributed by atoms with van der Waals surface area (Å²) < 4.78 is 5.12. The first kappa shape index (κ1) is 12.9. The number of Topliss-reactive ketones (excluding diaryl/α,β-unsaturated/α-hetero) is 1. The molecule has 2 aromatic rings. The smallest absolute Gasteiger partial charge is 0.189 e. The predicted octanol–water partition coefficient (Wildman–Crippen LogP) is 4.17. The van der Waals surface area contributed by atoms with Gasteiger partial charge in [0, 0.05) is 22.6 Å². The van der Waals surface area contributed by atoms with Gasteiger partial charge in [-0.2, -0.15) is 0 Å². The summed E-state index contributed by atoms with van der Waals surface area (Å²) in [5.41, 5.74) is 3.41. The number of carbonyl (C=O) groups is 1. The number of methoxy groups -OCH3 is 1. The second-order valence-corrected chi connectivity index (χ2v) is 5.12. The number of hydrogen-bond acceptors (Lipinski definition) is 2. The monoisotopic (exact) mass is 284 g/mol. The SMILES string of the molecule is COc1ccc(C=C2Cc3c(Cl)cccc3C2=O)cc1. The molecule has 0 amide bonds. The molecule has 3 heteroatoms. The average molecular weight is 285 g/mol. The Morgan fingerprint density at radius 2 is 1.90 bits per heavy atom. The molecule has 0 aliphatic heterocycles. The van der Waals surface area contributed by atoms with Crippen LogP contribution < -0.4 is 4.74 Å². The molecule has 0 N–H and O–H groups in total. The molecule has 2 aromatic carbocycles. The van der Waals surface area contributed by atoms with Crippen molar-refractivity contribution in [1.82, 2.24) is 0 Å². The van der Waals surface area contributed by atoms with Crippen LogP contribution in [0, 0.1) is 0 Å². The number of ether oxygens (including phenoxy) is 1. The molecule has 2 nitrogen and oxygen atoms in total. The van der Waals surface area contributed by atoms with Crippen LogP contribution in [0.25, 0.3) is 6.08 Å². The number of ketones is 1. The Morgan fingerprint density at radius 3 is 2.55 bits per heavy atom. The van der Waals surface area contributed by atoms with Gasteiger partial charge in [0.2, 0.25) is 0 Å². The number of fused-ring (bicyclic) bond motifs is 1. The summed E-state index contributed by atoms with van der Waals surface area (Å²) in [6, 6.07) is 13.1. The van der Waals surface area contributed by atoms with Gasteiger partial charge in [-0.1, -0.05) is 35.9 Å². The third-order valence-electron chi connectivity index (χ3n) is 3.48. The van der Waals surface area contributed by atoms with Crippen molar-refractivity contribution in [3.05, 3.63) is 69.8 Å². The van der Waals surface area contributed by atoms with Gasteiger partial charge in [0.05, 0.1) is 7.11 Å². The van der Waals surface area contributed by atoms with E-state index in [1.807, 2.05) is 48.5 Å². The van der Waals surface area contributed by atoms with Crippen molar-refractivity contribution < 1.29 is 9.53 Å². The minimum atomic E-state index is 0.0679. The maximum atomic E-state index is 12.3. The van der Waals surface area contributed by atoms with Crippen molar-refractivity contribution in [2.75, 3.05) is 7.11 Å². The highest BCUT2D eigenvalue weighted by molar-refractivity contribution is 6.33. The maximum Gasteiger partial charge on any atom is 0.189 e. The molecule has 0 unspecified atom stereocenters. The van der Waals surface area contributed by atoms with Gasteiger partial charge in [0.25, 0.3) is 0 Å². The molecule has 0 radical (unpaired) electrons. The van der Waals surface area contributed by atoms with E-state index < -0.39 is 0 Å². The van der Waals surface area contributed by atoms with Crippen molar-refractivity contribution in [3.8, 4) is 5.75 Å². The first-order chi connectivity index (χ1) is 9.69. The predicted molar refractivity (Wildman–Crippen MR) is 80.5 cm³/mol. The first-order valence-corrected chi connectivity index (χ1v) is 6.73. The highest BCUT2D eigenvalue weighted by atomic mass is 35.5. The zero-order valence-electron chi connectivity index (χ0n) is 11.0. The van der Waals surface area contributed by atoms with E-state index in [0.29, 0.717) is 11.4 Å². The molecular formula is C17H13ClO2. The van der Waals surface area contributed by atoms with Crippen LogP contribution in [0.2, 0.25) is 5.02 Å². The Bertz CT molecular complexity index is 699. The third kappa shape index (κ3) is 2.23. The normalized spacial score (nSPS) is 15.5. The molecule has 20 heavy (non-hydrogen) atoms. The molecule has 0 saturated heterocycles. The lowest BCUT2D eigenvalue weighted by Crippen LogP contribution is -1.95. The summed E-state index contributed by atoms with van der Waals surface area (Å²) in [6.07, 6.45) is 2.51. The number of halogens is 1. The topological polar surface area (TPSA) is 26.3 Å². The standard InChI is InChI=1S/C17H13ClO2/c1-20-13-7-5-11(6-8-13)9-12-10-15-14(17(12)19)3-2-4-16(15)18/h2-9H,10H2,1H3. The van der Waals surface area contributed by atoms with Crippen molar-refractivity contribution in [2.24, 2.45) is 0 Å². The van der Waals surface area contributed by atoms with E-state index in [1.54, 1.807) is 7.11 Å². The van der Waals surface area contributed by atoms with Crippen LogP contribution in [0.1, 0.15) is 21.5 Å². The van der Waals surface area contributed by atoms with E-state index in [1.165, 1.54) is 0 Å². The second kappa shape index (κ2) is 5.14. The van der Waals surface area contributed by atoms with Crippen LogP contribution in [0.3, 0.4) is 0 Å². The Balaban J connectivity index is 1.95. The van der Waals surface area contributed by atoms with Crippen LogP contribution in [0.15, 0.2) is 48.0 Å². The Kier molecular flexibility index (Phi) is 3.33. The van der Waals surface area contributed by atoms with E-state index >= 15 is 0 Å². The quantitative estimate of drug-likeness (QED) is 0.774. The molecule has 0 fully saturated rings. The number of rotatable bonds is 2. The minimum absolute atomic E-state index is 0.0679. The van der Waals surface area contributed by atoms with Gasteiger partial charge in [0.15, 0.2) is 5.78 Å². The fraction of sp³-hybridized carbons (Fsp3) is 0.118. The van der Waals surface area contributed by atoms with Gasteiger partial charge in [-0.15, -0.1) is 0 Å². The zero-order valence-corrected chi connectivity index (χ0v) is 11.8. The number of carbonyl (C=O) groups excluding carboxylic acids is 1. The highest BCUT2D eigenvalue weighted by Gasteiger charge is 2.26. The third-order valence-corrected chi connectivity index (χ3v) is 3.83. The van der Waals surface area contributed by atoms with Crippen molar-refractivity contribution in [1.29, 1.82) is 0 Å². The molecule has 0 heterocycles. The van der Waals surface area contributed by atoms with E-state index in [9.17, 15) is 4.79 Å². The molecule has 1 aliphatic rings. The summed E-state index contributed by atoms with van der Waals surface area (Å²) in [5.74, 6) is 0.870. The molecular weight excluding hydrogens is 272 g/mol. The lowest BCUT2D eigenvalue weighted by Gasteiger charge is -2.00. The average Bonchev–Trinajstić information content (AvgIpc) is 2.79. The maximum absolute atomic E-state index is 12.3. The molecule has 0 atom stereocenters. The van der Waals surface area contributed by atoms with Gasteiger partial charge in [0.1, 0.15) is 5.75 Å². The lowest BCUT2D eigenvalue weighted by atomic mass is 10.1. The molecule has 1 aliphatic carbocycles. The van der Waals surface area contributed by atoms with Gasteiger partial charge in [-0.3, -0.25) is 4.79 Å². The summed E-state index contributed by atoms with van der Waals surface area (Å²) in [4.78, 5) is 12.3. The number of allylic oxidation sites excluding steroid dienone is 1. The van der Waals surface area contributed by atoms with Gasteiger partial charge in [-0.25, -0.2) is 0 Å². The minimum Gasteiger partial charge on any atom is -0.497 e. The highest BCUT2D eigenvalue weighted by Crippen LogP contribution is 2.32. The van der Waals surface area contributed by atoms with E-state index in [-0.39, 0.29) is 5.78 Å².